The van der Waals surface area contributed by atoms with E-state index >= 15 is 0 Å². The molecule has 0 N–H and O–H groups in total. The number of hydrogen-bond donors (Lipinski definition) is 0. The maximum absolute atomic E-state index is 12.7. The van der Waals surface area contributed by atoms with Crippen LogP contribution in [-0.2, 0) is 14.9 Å². The van der Waals surface area contributed by atoms with Crippen LogP contribution in [0.4, 0.5) is 0 Å². The molecular weight excluding hydrogens is 338 g/mol. The Morgan fingerprint density at radius 3 is 2.33 bits per heavy atom. The van der Waals surface area contributed by atoms with E-state index in [4.69, 9.17) is 4.74 Å². The molecule has 0 spiro atoms. The molecule has 4 heteroatoms. The van der Waals surface area contributed by atoms with Crippen LogP contribution in [0.2, 0.25) is 0 Å². The molecule has 1 amide bonds. The molecular formula is C23H33NO3. The van der Waals surface area contributed by atoms with Gasteiger partial charge >= 0.3 is 5.97 Å². The van der Waals surface area contributed by atoms with Crippen LogP contribution < -0.4 is 0 Å². The van der Waals surface area contributed by atoms with E-state index in [0.29, 0.717) is 5.56 Å². The molecule has 148 valence electrons. The van der Waals surface area contributed by atoms with E-state index in [2.05, 4.69) is 41.5 Å². The summed E-state index contributed by atoms with van der Waals surface area (Å²) >= 11 is 0. The van der Waals surface area contributed by atoms with Crippen molar-refractivity contribution in [1.82, 2.24) is 4.90 Å². The van der Waals surface area contributed by atoms with Gasteiger partial charge in [0.25, 0.3) is 5.91 Å². The number of esters is 1. The van der Waals surface area contributed by atoms with Crippen molar-refractivity contribution in [2.45, 2.75) is 72.3 Å². The molecule has 2 atom stereocenters. The Morgan fingerprint density at radius 2 is 1.74 bits per heavy atom. The molecule has 0 unspecified atom stereocenters. The van der Waals surface area contributed by atoms with Crippen molar-refractivity contribution in [3.63, 3.8) is 0 Å². The van der Waals surface area contributed by atoms with Crippen LogP contribution >= 0.6 is 0 Å². The van der Waals surface area contributed by atoms with E-state index in [1.165, 1.54) is 0 Å². The van der Waals surface area contributed by atoms with Crippen LogP contribution in [0, 0.1) is 10.8 Å². The van der Waals surface area contributed by atoms with Gasteiger partial charge in [0, 0.05) is 12.6 Å². The number of fused-ring (bicyclic) bond motifs is 2. The third-order valence-electron chi connectivity index (χ3n) is 6.05. The molecule has 1 aromatic carbocycles. The fourth-order valence-electron chi connectivity index (χ4n) is 5.15. The van der Waals surface area contributed by atoms with Crippen LogP contribution in [0.15, 0.2) is 24.3 Å². The van der Waals surface area contributed by atoms with Gasteiger partial charge in [-0.3, -0.25) is 4.79 Å². The van der Waals surface area contributed by atoms with Crippen molar-refractivity contribution >= 4 is 11.9 Å². The lowest BCUT2D eigenvalue weighted by atomic mass is 9.65. The number of nitrogens with zero attached hydrogens (tertiary/aromatic N) is 1. The topological polar surface area (TPSA) is 46.6 Å². The lowest BCUT2D eigenvalue weighted by Crippen LogP contribution is -2.39. The highest BCUT2D eigenvalue weighted by Gasteiger charge is 2.50. The van der Waals surface area contributed by atoms with Gasteiger partial charge in [0.15, 0.2) is 6.61 Å². The van der Waals surface area contributed by atoms with Gasteiger partial charge < -0.3 is 9.64 Å². The van der Waals surface area contributed by atoms with Gasteiger partial charge in [0.1, 0.15) is 0 Å². The molecule has 4 nitrogen and oxygen atoms in total. The largest absolute Gasteiger partial charge is 0.452 e. The number of carbonyl (C=O) groups is 2. The summed E-state index contributed by atoms with van der Waals surface area (Å²) in [5.41, 5.74) is 2.14. The molecule has 2 fully saturated rings. The third kappa shape index (κ3) is 4.36. The van der Waals surface area contributed by atoms with Crippen molar-refractivity contribution in [1.29, 1.82) is 0 Å². The molecule has 3 rings (SSSR count). The molecule has 2 bridgehead atoms. The predicted octanol–water partition coefficient (Wildman–Crippen LogP) is 4.57. The van der Waals surface area contributed by atoms with Gasteiger partial charge in [-0.2, -0.15) is 0 Å². The second kappa shape index (κ2) is 6.65. The van der Waals surface area contributed by atoms with Crippen molar-refractivity contribution in [2.24, 2.45) is 10.8 Å². The summed E-state index contributed by atoms with van der Waals surface area (Å²) in [6.07, 6.45) is 3.22. The normalized spacial score (nSPS) is 26.7. The second-order valence-electron chi connectivity index (χ2n) is 10.6. The quantitative estimate of drug-likeness (QED) is 0.731. The average Bonchev–Trinajstić information content (AvgIpc) is 2.80. The number of ether oxygens (including phenoxy) is 1. The first-order valence-corrected chi connectivity index (χ1v) is 9.96. The number of benzene rings is 1. The van der Waals surface area contributed by atoms with Crippen LogP contribution in [0.25, 0.3) is 0 Å². The Balaban J connectivity index is 1.59. The van der Waals surface area contributed by atoms with Gasteiger partial charge in [-0.05, 0) is 53.2 Å². The van der Waals surface area contributed by atoms with Gasteiger partial charge in [-0.15, -0.1) is 0 Å². The lowest BCUT2D eigenvalue weighted by molar-refractivity contribution is -0.135. The number of hydrogen-bond acceptors (Lipinski definition) is 3. The Morgan fingerprint density at radius 1 is 1.11 bits per heavy atom. The van der Waals surface area contributed by atoms with Gasteiger partial charge in [0.2, 0.25) is 0 Å². The van der Waals surface area contributed by atoms with E-state index in [1.807, 2.05) is 17.0 Å². The number of rotatable bonds is 3. The highest BCUT2D eigenvalue weighted by atomic mass is 16.5. The van der Waals surface area contributed by atoms with Gasteiger partial charge in [-0.25, -0.2) is 4.79 Å². The molecule has 2 aliphatic rings. The minimum Gasteiger partial charge on any atom is -0.452 e. The smallest absolute Gasteiger partial charge is 0.338 e. The van der Waals surface area contributed by atoms with Crippen molar-refractivity contribution in [2.75, 3.05) is 13.2 Å². The standard InChI is InChI=1S/C23H33NO3/c1-21(2,3)17-9-7-16(8-10-17)20(26)27-13-19(25)24-15-23(6)12-18(24)11-22(4,5)14-23/h7-10,18H,11-15H2,1-6H3/t18-,23+/m0/s1. The van der Waals surface area contributed by atoms with E-state index in [9.17, 15) is 9.59 Å². The molecule has 0 radical (unpaired) electrons. The molecule has 0 aromatic heterocycles. The fraction of sp³-hybridized carbons (Fsp3) is 0.652. The molecule has 1 saturated carbocycles. The molecule has 1 saturated heterocycles. The first-order valence-electron chi connectivity index (χ1n) is 9.96. The molecule has 1 heterocycles. The fourth-order valence-corrected chi connectivity index (χ4v) is 5.15. The highest BCUT2D eigenvalue weighted by molar-refractivity contribution is 5.91. The van der Waals surface area contributed by atoms with E-state index < -0.39 is 5.97 Å². The van der Waals surface area contributed by atoms with E-state index in [0.717, 1.165) is 31.4 Å². The Bertz CT molecular complexity index is 729. The van der Waals surface area contributed by atoms with Crippen LogP contribution in [0.1, 0.15) is 76.7 Å². The Kier molecular flexibility index (Phi) is 4.90. The number of amides is 1. The van der Waals surface area contributed by atoms with E-state index in [-0.39, 0.29) is 34.8 Å². The molecule has 1 aliphatic carbocycles. The minimum absolute atomic E-state index is 0.0376. The molecule has 1 aromatic rings. The van der Waals surface area contributed by atoms with Gasteiger partial charge in [0.05, 0.1) is 5.56 Å². The summed E-state index contributed by atoms with van der Waals surface area (Å²) in [4.78, 5) is 27.0. The predicted molar refractivity (Wildman–Crippen MR) is 107 cm³/mol. The maximum atomic E-state index is 12.7. The Labute approximate surface area is 163 Å². The second-order valence-corrected chi connectivity index (χ2v) is 10.6. The third-order valence-corrected chi connectivity index (χ3v) is 6.05. The minimum atomic E-state index is -0.433. The zero-order valence-electron chi connectivity index (χ0n) is 17.6. The monoisotopic (exact) mass is 371 g/mol. The average molecular weight is 372 g/mol. The van der Waals surface area contributed by atoms with Crippen molar-refractivity contribution in [3.05, 3.63) is 35.4 Å². The van der Waals surface area contributed by atoms with Crippen molar-refractivity contribution in [3.8, 4) is 0 Å². The number of likely N-dealkylation sites (tertiary alicyclic amines) is 1. The van der Waals surface area contributed by atoms with Crippen LogP contribution in [-0.4, -0.2) is 36.0 Å². The van der Waals surface area contributed by atoms with Gasteiger partial charge in [-0.1, -0.05) is 53.7 Å². The first kappa shape index (κ1) is 19.9. The first-order chi connectivity index (χ1) is 12.4. The SMILES string of the molecule is CC1(C)C[C@H]2C[C@@](C)(CN2C(=O)COC(=O)c2ccc(C(C)(C)C)cc2)C1. The maximum Gasteiger partial charge on any atom is 0.338 e. The van der Waals surface area contributed by atoms with Crippen molar-refractivity contribution < 1.29 is 14.3 Å². The summed E-state index contributed by atoms with van der Waals surface area (Å²) in [5.74, 6) is -0.501. The molecule has 1 aliphatic heterocycles. The summed E-state index contributed by atoms with van der Waals surface area (Å²) in [7, 11) is 0. The Hall–Kier alpha value is -1.84. The number of carbonyl (C=O) groups excluding carboxylic acids is 2. The summed E-state index contributed by atoms with van der Waals surface area (Å²) in [6.45, 7) is 13.8. The highest BCUT2D eigenvalue weighted by Crippen LogP contribution is 2.52. The summed E-state index contributed by atoms with van der Waals surface area (Å²) in [5, 5.41) is 0. The zero-order chi connectivity index (χ0) is 20.0. The van der Waals surface area contributed by atoms with Crippen LogP contribution in [0.3, 0.4) is 0 Å². The van der Waals surface area contributed by atoms with Crippen LogP contribution in [0.5, 0.6) is 0 Å². The molecule has 27 heavy (non-hydrogen) atoms. The zero-order valence-corrected chi connectivity index (χ0v) is 17.6. The van der Waals surface area contributed by atoms with E-state index in [1.54, 1.807) is 12.1 Å². The lowest BCUT2D eigenvalue weighted by Gasteiger charge is -2.39. The summed E-state index contributed by atoms with van der Waals surface area (Å²) < 4.78 is 5.33. The summed E-state index contributed by atoms with van der Waals surface area (Å²) in [6, 6.07) is 7.73.